The number of quaternary nitrogens is 1. The number of rotatable bonds is 6. The number of nitrogens with one attached hydrogen (secondary N) is 2. The van der Waals surface area contributed by atoms with Crippen LogP contribution in [0.5, 0.6) is 5.75 Å². The molecule has 0 radical (unpaired) electrons. The van der Waals surface area contributed by atoms with Crippen LogP contribution in [-0.4, -0.2) is 56.4 Å². The van der Waals surface area contributed by atoms with Gasteiger partial charge in [0, 0.05) is 23.0 Å². The summed E-state index contributed by atoms with van der Waals surface area (Å²) >= 11 is 0. The molecule has 2 heterocycles. The molecular formula is C21H28N3O3+. The van der Waals surface area contributed by atoms with Crippen molar-refractivity contribution in [3.05, 3.63) is 46.8 Å². The van der Waals surface area contributed by atoms with Gasteiger partial charge in [-0.3, -0.25) is 9.59 Å². The topological polar surface area (TPSA) is 66.8 Å². The molecule has 1 aromatic heterocycles. The number of aromatic nitrogens is 1. The highest BCUT2D eigenvalue weighted by atomic mass is 16.5. The summed E-state index contributed by atoms with van der Waals surface area (Å²) in [5, 5.41) is 0. The number of nitrogens with zero attached hydrogens (tertiary/aromatic N) is 1. The largest absolute Gasteiger partial charge is 0.497 e. The van der Waals surface area contributed by atoms with Gasteiger partial charge in [0.15, 0.2) is 5.78 Å². The Hall–Kier alpha value is -2.60. The molecule has 0 bridgehead atoms. The summed E-state index contributed by atoms with van der Waals surface area (Å²) in [4.78, 5) is 31.3. The molecule has 6 heteroatoms. The molecule has 1 aliphatic heterocycles. The first-order chi connectivity index (χ1) is 12.9. The summed E-state index contributed by atoms with van der Waals surface area (Å²) in [5.74, 6) is 0.934. The van der Waals surface area contributed by atoms with E-state index in [-0.39, 0.29) is 11.6 Å². The van der Waals surface area contributed by atoms with Gasteiger partial charge in [0.05, 0.1) is 39.0 Å². The number of carbonyl (C=O) groups excluding carboxylic acids is 2. The van der Waals surface area contributed by atoms with E-state index in [9.17, 15) is 9.59 Å². The fraction of sp³-hybridized carbons (Fsp3) is 0.429. The smallest absolute Gasteiger partial charge is 0.233 e. The Morgan fingerprint density at radius 1 is 1.22 bits per heavy atom. The van der Waals surface area contributed by atoms with Gasteiger partial charge in [-0.05, 0) is 38.5 Å². The fourth-order valence-corrected chi connectivity index (χ4v) is 3.94. The highest BCUT2D eigenvalue weighted by Gasteiger charge is 2.26. The van der Waals surface area contributed by atoms with Crippen LogP contribution in [0.25, 0.3) is 0 Å². The first kappa shape index (κ1) is 19.2. The van der Waals surface area contributed by atoms with E-state index >= 15 is 0 Å². The Bertz CT molecular complexity index is 848. The third-order valence-corrected chi connectivity index (χ3v) is 5.37. The Morgan fingerprint density at radius 3 is 2.52 bits per heavy atom. The number of piperazine rings is 1. The molecule has 0 atom stereocenters. The number of aryl methyl sites for hydroxylation is 1. The van der Waals surface area contributed by atoms with Gasteiger partial charge in [-0.15, -0.1) is 0 Å². The van der Waals surface area contributed by atoms with Crippen LogP contribution in [0.15, 0.2) is 24.3 Å². The minimum absolute atomic E-state index is 0.000416. The summed E-state index contributed by atoms with van der Waals surface area (Å²) < 4.78 is 5.30. The van der Waals surface area contributed by atoms with Crippen LogP contribution in [0.4, 0.5) is 5.69 Å². The standard InChI is InChI=1S/C21H27N3O3/c1-14-20(16(3)25)15(2)22-21(14)19(26)13-23-8-10-24(11-9-23)17-6-5-7-18(12-17)27-4/h5-7,12,22H,8-11,13H2,1-4H3/p+1. The summed E-state index contributed by atoms with van der Waals surface area (Å²) in [6.45, 7) is 9.30. The number of benzene rings is 1. The SMILES string of the molecule is COc1cccc(N2CC[NH+](CC(=O)c3[nH]c(C)c(C(C)=O)c3C)CC2)c1. The molecule has 0 amide bonds. The van der Waals surface area contributed by atoms with Crippen LogP contribution in [-0.2, 0) is 0 Å². The van der Waals surface area contributed by atoms with Gasteiger partial charge in [0.25, 0.3) is 0 Å². The number of aromatic amines is 1. The third kappa shape index (κ3) is 4.06. The van der Waals surface area contributed by atoms with E-state index in [0.717, 1.165) is 48.9 Å². The van der Waals surface area contributed by atoms with Gasteiger partial charge in [0.1, 0.15) is 12.3 Å². The maximum Gasteiger partial charge on any atom is 0.233 e. The van der Waals surface area contributed by atoms with Crippen molar-refractivity contribution in [2.75, 3.05) is 44.7 Å². The van der Waals surface area contributed by atoms with Gasteiger partial charge in [0.2, 0.25) is 5.78 Å². The van der Waals surface area contributed by atoms with Crippen molar-refractivity contribution in [1.82, 2.24) is 4.98 Å². The average molecular weight is 370 g/mol. The lowest BCUT2D eigenvalue weighted by Gasteiger charge is -2.33. The summed E-state index contributed by atoms with van der Waals surface area (Å²) in [6, 6.07) is 8.08. The zero-order chi connectivity index (χ0) is 19.6. The number of Topliss-reactive ketones (excluding diaryl/α,β-unsaturated/α-hetero) is 2. The number of ether oxygens (including phenoxy) is 1. The molecule has 1 aliphatic rings. The van der Waals surface area contributed by atoms with Crippen LogP contribution in [0.3, 0.4) is 0 Å². The van der Waals surface area contributed by atoms with Crippen molar-refractivity contribution in [2.45, 2.75) is 20.8 Å². The van der Waals surface area contributed by atoms with E-state index in [2.05, 4.69) is 16.0 Å². The maximum atomic E-state index is 12.8. The molecule has 1 fully saturated rings. The van der Waals surface area contributed by atoms with Crippen molar-refractivity contribution in [2.24, 2.45) is 0 Å². The Balaban J connectivity index is 1.61. The molecule has 1 aromatic carbocycles. The molecule has 3 rings (SSSR count). The molecule has 1 saturated heterocycles. The lowest BCUT2D eigenvalue weighted by molar-refractivity contribution is -0.892. The predicted molar refractivity (Wildman–Crippen MR) is 105 cm³/mol. The monoisotopic (exact) mass is 370 g/mol. The highest BCUT2D eigenvalue weighted by molar-refractivity contribution is 6.03. The van der Waals surface area contributed by atoms with Crippen molar-refractivity contribution >= 4 is 17.3 Å². The number of methoxy groups -OCH3 is 1. The van der Waals surface area contributed by atoms with Gasteiger partial charge < -0.3 is 19.5 Å². The van der Waals surface area contributed by atoms with E-state index in [1.165, 1.54) is 4.90 Å². The Labute approximate surface area is 160 Å². The number of H-pyrrole nitrogens is 1. The molecular weight excluding hydrogens is 342 g/mol. The normalized spacial score (nSPS) is 15.0. The van der Waals surface area contributed by atoms with E-state index < -0.39 is 0 Å². The van der Waals surface area contributed by atoms with Gasteiger partial charge in [-0.25, -0.2) is 0 Å². The number of anilines is 1. The van der Waals surface area contributed by atoms with Crippen LogP contribution >= 0.6 is 0 Å². The Kier molecular flexibility index (Phi) is 5.65. The summed E-state index contributed by atoms with van der Waals surface area (Å²) in [6.07, 6.45) is 0. The minimum atomic E-state index is -0.000416. The zero-order valence-electron chi connectivity index (χ0n) is 16.5. The van der Waals surface area contributed by atoms with Gasteiger partial charge in [-0.1, -0.05) is 6.07 Å². The van der Waals surface area contributed by atoms with Crippen LogP contribution in [0.2, 0.25) is 0 Å². The first-order valence-electron chi connectivity index (χ1n) is 9.36. The number of carbonyl (C=O) groups is 2. The lowest BCUT2D eigenvalue weighted by atomic mass is 10.1. The highest BCUT2D eigenvalue weighted by Crippen LogP contribution is 2.21. The molecule has 0 spiro atoms. The number of hydrogen-bond donors (Lipinski definition) is 2. The van der Waals surface area contributed by atoms with E-state index in [1.807, 2.05) is 32.0 Å². The van der Waals surface area contributed by atoms with Crippen molar-refractivity contribution in [3.63, 3.8) is 0 Å². The quantitative estimate of drug-likeness (QED) is 0.755. The lowest BCUT2D eigenvalue weighted by Crippen LogP contribution is -3.15. The number of hydrogen-bond acceptors (Lipinski definition) is 4. The fourth-order valence-electron chi connectivity index (χ4n) is 3.94. The molecule has 27 heavy (non-hydrogen) atoms. The molecule has 0 aliphatic carbocycles. The number of ketones is 2. The minimum Gasteiger partial charge on any atom is -0.497 e. The predicted octanol–water partition coefficient (Wildman–Crippen LogP) is 1.43. The second-order valence-corrected chi connectivity index (χ2v) is 7.22. The summed E-state index contributed by atoms with van der Waals surface area (Å²) in [5.41, 5.74) is 3.94. The molecule has 2 aromatic rings. The second kappa shape index (κ2) is 7.96. The maximum absolute atomic E-state index is 12.8. The average Bonchev–Trinajstić information content (AvgIpc) is 2.97. The first-order valence-corrected chi connectivity index (χ1v) is 9.36. The van der Waals surface area contributed by atoms with Crippen molar-refractivity contribution in [3.8, 4) is 5.75 Å². The van der Waals surface area contributed by atoms with Crippen molar-refractivity contribution in [1.29, 1.82) is 0 Å². The molecule has 6 nitrogen and oxygen atoms in total. The van der Waals surface area contributed by atoms with Gasteiger partial charge >= 0.3 is 0 Å². The molecule has 144 valence electrons. The van der Waals surface area contributed by atoms with E-state index in [4.69, 9.17) is 4.74 Å². The van der Waals surface area contributed by atoms with Gasteiger partial charge in [-0.2, -0.15) is 0 Å². The van der Waals surface area contributed by atoms with E-state index in [1.54, 1.807) is 14.0 Å². The molecule has 0 saturated carbocycles. The van der Waals surface area contributed by atoms with Crippen LogP contribution in [0, 0.1) is 13.8 Å². The zero-order valence-corrected chi connectivity index (χ0v) is 16.5. The van der Waals surface area contributed by atoms with E-state index in [0.29, 0.717) is 17.8 Å². The molecule has 0 unspecified atom stereocenters. The Morgan fingerprint density at radius 2 is 1.93 bits per heavy atom. The second-order valence-electron chi connectivity index (χ2n) is 7.22. The summed E-state index contributed by atoms with van der Waals surface area (Å²) in [7, 11) is 1.68. The molecule has 2 N–H and O–H groups in total. The van der Waals surface area contributed by atoms with Crippen LogP contribution in [0.1, 0.15) is 39.0 Å². The van der Waals surface area contributed by atoms with Crippen LogP contribution < -0.4 is 14.5 Å². The van der Waals surface area contributed by atoms with Crippen molar-refractivity contribution < 1.29 is 19.2 Å². The third-order valence-electron chi connectivity index (χ3n) is 5.37.